The van der Waals surface area contributed by atoms with Crippen LogP contribution in [-0.2, 0) is 11.2 Å². The fourth-order valence-electron chi connectivity index (χ4n) is 2.66. The minimum atomic E-state index is -0.908. The zero-order valence-electron chi connectivity index (χ0n) is 12.0. The van der Waals surface area contributed by atoms with Gasteiger partial charge in [-0.2, -0.15) is 0 Å². The maximum Gasteiger partial charge on any atom is 0.412 e. The number of hydrogen-bond donors (Lipinski definition) is 2. The predicted octanol–water partition coefficient (Wildman–Crippen LogP) is 2.98. The van der Waals surface area contributed by atoms with Gasteiger partial charge in [-0.1, -0.05) is 31.4 Å². The minimum Gasteiger partial charge on any atom is -0.481 e. The third-order valence-corrected chi connectivity index (χ3v) is 3.72. The second-order valence-electron chi connectivity index (χ2n) is 5.49. The molecule has 2 N–H and O–H groups in total. The molecular formula is C16H21NO4. The quantitative estimate of drug-likeness (QED) is 0.874. The average molecular weight is 291 g/mol. The van der Waals surface area contributed by atoms with Gasteiger partial charge < -0.3 is 15.2 Å². The van der Waals surface area contributed by atoms with Crippen molar-refractivity contribution >= 4 is 12.1 Å². The molecule has 0 radical (unpaired) electrons. The number of benzene rings is 1. The molecule has 1 saturated carbocycles. The third-order valence-electron chi connectivity index (χ3n) is 3.72. The van der Waals surface area contributed by atoms with Crippen LogP contribution in [0.5, 0.6) is 5.75 Å². The van der Waals surface area contributed by atoms with Gasteiger partial charge in [0.25, 0.3) is 0 Å². The number of aliphatic carboxylic acids is 1. The predicted molar refractivity (Wildman–Crippen MR) is 78.4 cm³/mol. The molecule has 0 bridgehead atoms. The highest BCUT2D eigenvalue weighted by molar-refractivity contribution is 5.72. The second kappa shape index (κ2) is 7.67. The van der Waals surface area contributed by atoms with Crippen LogP contribution < -0.4 is 10.1 Å². The number of rotatable bonds is 5. The Kier molecular flexibility index (Phi) is 5.60. The van der Waals surface area contributed by atoms with E-state index < -0.39 is 12.1 Å². The van der Waals surface area contributed by atoms with Crippen molar-refractivity contribution in [3.05, 3.63) is 29.8 Å². The van der Waals surface area contributed by atoms with Gasteiger partial charge in [0.05, 0.1) is 6.42 Å². The van der Waals surface area contributed by atoms with Crippen molar-refractivity contribution in [1.29, 1.82) is 0 Å². The Morgan fingerprint density at radius 3 is 2.71 bits per heavy atom. The lowest BCUT2D eigenvalue weighted by atomic mass is 9.89. The van der Waals surface area contributed by atoms with Crippen LogP contribution in [0.2, 0.25) is 0 Å². The summed E-state index contributed by atoms with van der Waals surface area (Å²) in [6.45, 7) is 0.646. The molecule has 0 unspecified atom stereocenters. The van der Waals surface area contributed by atoms with E-state index in [-0.39, 0.29) is 6.42 Å². The van der Waals surface area contributed by atoms with Gasteiger partial charge in [0.1, 0.15) is 5.75 Å². The van der Waals surface area contributed by atoms with Crippen molar-refractivity contribution < 1.29 is 19.4 Å². The number of carbonyl (C=O) groups is 2. The number of amides is 1. The molecule has 0 saturated heterocycles. The normalized spacial score (nSPS) is 15.4. The van der Waals surface area contributed by atoms with Crippen LogP contribution in [0.3, 0.4) is 0 Å². The van der Waals surface area contributed by atoms with E-state index in [1.807, 2.05) is 0 Å². The number of nitrogens with one attached hydrogen (secondary N) is 1. The molecule has 1 fully saturated rings. The number of carboxylic acid groups (broad SMARTS) is 1. The monoisotopic (exact) mass is 291 g/mol. The average Bonchev–Trinajstić information content (AvgIpc) is 2.46. The number of ether oxygens (including phenoxy) is 1. The summed E-state index contributed by atoms with van der Waals surface area (Å²) in [5, 5.41) is 11.5. The van der Waals surface area contributed by atoms with E-state index >= 15 is 0 Å². The maximum atomic E-state index is 11.7. The molecule has 5 nitrogen and oxygen atoms in total. The van der Waals surface area contributed by atoms with Crippen molar-refractivity contribution in [2.75, 3.05) is 6.54 Å². The van der Waals surface area contributed by atoms with Crippen molar-refractivity contribution in [1.82, 2.24) is 5.32 Å². The van der Waals surface area contributed by atoms with Crippen LogP contribution in [0.15, 0.2) is 24.3 Å². The molecular weight excluding hydrogens is 270 g/mol. The summed E-state index contributed by atoms with van der Waals surface area (Å²) in [6.07, 6.45) is 5.52. The molecule has 0 heterocycles. The van der Waals surface area contributed by atoms with Gasteiger partial charge in [-0.3, -0.25) is 4.79 Å². The Hall–Kier alpha value is -2.04. The van der Waals surface area contributed by atoms with Gasteiger partial charge in [0.15, 0.2) is 0 Å². The van der Waals surface area contributed by atoms with Crippen LogP contribution in [0.25, 0.3) is 0 Å². The summed E-state index contributed by atoms with van der Waals surface area (Å²) >= 11 is 0. The SMILES string of the molecule is O=C(O)Cc1cccc(OC(=O)NCC2CCCCC2)c1. The van der Waals surface area contributed by atoms with Gasteiger partial charge in [-0.25, -0.2) is 4.79 Å². The van der Waals surface area contributed by atoms with Gasteiger partial charge >= 0.3 is 12.1 Å². The topological polar surface area (TPSA) is 75.6 Å². The second-order valence-corrected chi connectivity index (χ2v) is 5.49. The van der Waals surface area contributed by atoms with Crippen LogP contribution in [0.1, 0.15) is 37.7 Å². The summed E-state index contributed by atoms with van der Waals surface area (Å²) in [6, 6.07) is 6.60. The molecule has 0 atom stereocenters. The Labute approximate surface area is 124 Å². The summed E-state index contributed by atoms with van der Waals surface area (Å²) in [5.41, 5.74) is 0.611. The first-order valence-corrected chi connectivity index (χ1v) is 7.40. The molecule has 1 aliphatic rings. The van der Waals surface area contributed by atoms with E-state index in [2.05, 4.69) is 5.32 Å². The Bertz CT molecular complexity index is 495. The Morgan fingerprint density at radius 1 is 1.24 bits per heavy atom. The molecule has 1 aromatic rings. The lowest BCUT2D eigenvalue weighted by molar-refractivity contribution is -0.136. The van der Waals surface area contributed by atoms with Crippen molar-refractivity contribution in [3.63, 3.8) is 0 Å². The maximum absolute atomic E-state index is 11.7. The van der Waals surface area contributed by atoms with E-state index in [0.717, 1.165) is 12.8 Å². The molecule has 1 aromatic carbocycles. The summed E-state index contributed by atoms with van der Waals surface area (Å²) in [5.74, 6) is 0.00781. The Balaban J connectivity index is 1.80. The van der Waals surface area contributed by atoms with Gasteiger partial charge in [0.2, 0.25) is 0 Å². The first-order valence-electron chi connectivity index (χ1n) is 7.40. The molecule has 1 amide bonds. The van der Waals surface area contributed by atoms with E-state index in [0.29, 0.717) is 23.8 Å². The first-order chi connectivity index (χ1) is 10.1. The van der Waals surface area contributed by atoms with E-state index in [9.17, 15) is 9.59 Å². The standard InChI is InChI=1S/C16H21NO4/c18-15(19)10-13-7-4-8-14(9-13)21-16(20)17-11-12-5-2-1-3-6-12/h4,7-9,12H,1-3,5-6,10-11H2,(H,17,20)(H,18,19). The number of carbonyl (C=O) groups excluding carboxylic acids is 1. The summed E-state index contributed by atoms with van der Waals surface area (Å²) in [4.78, 5) is 22.4. The smallest absolute Gasteiger partial charge is 0.412 e. The molecule has 0 aliphatic heterocycles. The lowest BCUT2D eigenvalue weighted by Crippen LogP contribution is -2.32. The van der Waals surface area contributed by atoms with E-state index in [4.69, 9.17) is 9.84 Å². The van der Waals surface area contributed by atoms with Crippen LogP contribution >= 0.6 is 0 Å². The van der Waals surface area contributed by atoms with Gasteiger partial charge in [-0.05, 0) is 36.5 Å². The Morgan fingerprint density at radius 2 is 2.00 bits per heavy atom. The highest BCUT2D eigenvalue weighted by atomic mass is 16.6. The van der Waals surface area contributed by atoms with Crippen molar-refractivity contribution in [2.24, 2.45) is 5.92 Å². The zero-order chi connectivity index (χ0) is 15.1. The fourth-order valence-corrected chi connectivity index (χ4v) is 2.66. The molecule has 21 heavy (non-hydrogen) atoms. The molecule has 5 heteroatoms. The third kappa shape index (κ3) is 5.45. The highest BCUT2D eigenvalue weighted by Gasteiger charge is 2.15. The molecule has 0 aromatic heterocycles. The molecule has 0 spiro atoms. The largest absolute Gasteiger partial charge is 0.481 e. The fraction of sp³-hybridized carbons (Fsp3) is 0.500. The van der Waals surface area contributed by atoms with Gasteiger partial charge in [0, 0.05) is 6.54 Å². The summed E-state index contributed by atoms with van der Waals surface area (Å²) in [7, 11) is 0. The van der Waals surface area contributed by atoms with Crippen molar-refractivity contribution in [3.8, 4) is 5.75 Å². The van der Waals surface area contributed by atoms with E-state index in [1.165, 1.54) is 19.3 Å². The molecule has 114 valence electrons. The lowest BCUT2D eigenvalue weighted by Gasteiger charge is -2.21. The van der Waals surface area contributed by atoms with Crippen LogP contribution in [-0.4, -0.2) is 23.7 Å². The van der Waals surface area contributed by atoms with E-state index in [1.54, 1.807) is 24.3 Å². The zero-order valence-corrected chi connectivity index (χ0v) is 12.0. The number of hydrogen-bond acceptors (Lipinski definition) is 3. The van der Waals surface area contributed by atoms with Crippen LogP contribution in [0, 0.1) is 5.92 Å². The van der Waals surface area contributed by atoms with Crippen molar-refractivity contribution in [2.45, 2.75) is 38.5 Å². The highest BCUT2D eigenvalue weighted by Crippen LogP contribution is 2.22. The van der Waals surface area contributed by atoms with Gasteiger partial charge in [-0.15, -0.1) is 0 Å². The molecule has 1 aliphatic carbocycles. The summed E-state index contributed by atoms with van der Waals surface area (Å²) < 4.78 is 5.18. The van der Waals surface area contributed by atoms with Crippen LogP contribution in [0.4, 0.5) is 4.79 Å². The minimum absolute atomic E-state index is 0.0824. The first kappa shape index (κ1) is 15.4. The number of carboxylic acids is 1. The molecule has 2 rings (SSSR count).